The molecule has 0 aliphatic rings. The fourth-order valence-corrected chi connectivity index (χ4v) is 0.360. The summed E-state index contributed by atoms with van der Waals surface area (Å²) in [7, 11) is 0. The molecule has 0 aliphatic carbocycles. The quantitative estimate of drug-likeness (QED) is 0.601. The SMILES string of the molecule is CC.CC(=O)NC(=O)CCO. The number of amides is 2. The van der Waals surface area contributed by atoms with E-state index < -0.39 is 11.8 Å². The molecule has 4 heteroatoms. The average Bonchev–Trinajstić information content (AvgIpc) is 1.91. The zero-order valence-electron chi connectivity index (χ0n) is 7.18. The molecule has 2 amide bonds. The van der Waals surface area contributed by atoms with Crippen molar-refractivity contribution in [1.29, 1.82) is 0 Å². The molecule has 0 aromatic rings. The number of aliphatic hydroxyl groups is 1. The molecule has 0 atom stereocenters. The largest absolute Gasteiger partial charge is 0.396 e. The Balaban J connectivity index is 0. The van der Waals surface area contributed by atoms with Crippen LogP contribution >= 0.6 is 0 Å². The van der Waals surface area contributed by atoms with Crippen LogP contribution in [-0.2, 0) is 9.59 Å². The lowest BCUT2D eigenvalue weighted by Gasteiger charge is -1.95. The van der Waals surface area contributed by atoms with E-state index in [1.54, 1.807) is 0 Å². The first-order chi connectivity index (χ1) is 5.16. The van der Waals surface area contributed by atoms with Gasteiger partial charge in [-0.2, -0.15) is 0 Å². The maximum atomic E-state index is 10.4. The first-order valence-corrected chi connectivity index (χ1v) is 3.58. The number of imide groups is 1. The summed E-state index contributed by atoms with van der Waals surface area (Å²) in [5.41, 5.74) is 0. The molecular weight excluding hydrogens is 146 g/mol. The predicted octanol–water partition coefficient (Wildman–Crippen LogP) is 0.0577. The zero-order valence-corrected chi connectivity index (χ0v) is 7.18. The van der Waals surface area contributed by atoms with Gasteiger partial charge in [0.25, 0.3) is 0 Å². The summed E-state index contributed by atoms with van der Waals surface area (Å²) >= 11 is 0. The number of nitrogens with one attached hydrogen (secondary N) is 1. The van der Waals surface area contributed by atoms with E-state index in [4.69, 9.17) is 5.11 Å². The Morgan fingerprint density at radius 3 is 2.09 bits per heavy atom. The summed E-state index contributed by atoms with van der Waals surface area (Å²) in [6, 6.07) is 0. The van der Waals surface area contributed by atoms with Crippen LogP contribution in [0, 0.1) is 0 Å². The second-order valence-electron chi connectivity index (χ2n) is 1.58. The average molecular weight is 161 g/mol. The minimum atomic E-state index is -0.440. The lowest BCUT2D eigenvalue weighted by molar-refractivity contribution is -0.129. The van der Waals surface area contributed by atoms with Crippen molar-refractivity contribution in [1.82, 2.24) is 5.32 Å². The molecule has 0 saturated heterocycles. The standard InChI is InChI=1S/C5H9NO3.C2H6/c1-4(8)6-5(9)2-3-7;1-2/h7H,2-3H2,1H3,(H,6,8,9);1-2H3. The Labute approximate surface area is 66.6 Å². The van der Waals surface area contributed by atoms with Gasteiger partial charge in [0.2, 0.25) is 11.8 Å². The highest BCUT2D eigenvalue weighted by Gasteiger charge is 1.99. The van der Waals surface area contributed by atoms with Crippen molar-refractivity contribution in [2.24, 2.45) is 0 Å². The van der Waals surface area contributed by atoms with Crippen LogP contribution in [0.25, 0.3) is 0 Å². The van der Waals surface area contributed by atoms with Crippen LogP contribution in [0.2, 0.25) is 0 Å². The summed E-state index contributed by atoms with van der Waals surface area (Å²) in [6.45, 7) is 5.02. The van der Waals surface area contributed by atoms with E-state index >= 15 is 0 Å². The lowest BCUT2D eigenvalue weighted by Crippen LogP contribution is -2.28. The maximum Gasteiger partial charge on any atom is 0.228 e. The first-order valence-electron chi connectivity index (χ1n) is 3.58. The van der Waals surface area contributed by atoms with E-state index in [-0.39, 0.29) is 13.0 Å². The topological polar surface area (TPSA) is 66.4 Å². The van der Waals surface area contributed by atoms with Crippen LogP contribution in [0.5, 0.6) is 0 Å². The van der Waals surface area contributed by atoms with E-state index in [1.807, 2.05) is 19.2 Å². The molecular formula is C7H15NO3. The second kappa shape index (κ2) is 9.10. The van der Waals surface area contributed by atoms with Gasteiger partial charge in [-0.15, -0.1) is 0 Å². The third-order valence-electron chi connectivity index (χ3n) is 0.654. The Morgan fingerprint density at radius 1 is 1.36 bits per heavy atom. The normalized spacial score (nSPS) is 7.64. The van der Waals surface area contributed by atoms with Gasteiger partial charge in [-0.1, -0.05) is 13.8 Å². The molecule has 66 valence electrons. The molecule has 2 N–H and O–H groups in total. The highest BCUT2D eigenvalue weighted by Crippen LogP contribution is 1.74. The third kappa shape index (κ3) is 12.3. The molecule has 0 bridgehead atoms. The fourth-order valence-electron chi connectivity index (χ4n) is 0.360. The first kappa shape index (κ1) is 12.7. The number of carbonyl (C=O) groups is 2. The number of hydrogen-bond donors (Lipinski definition) is 2. The summed E-state index contributed by atoms with van der Waals surface area (Å²) < 4.78 is 0. The van der Waals surface area contributed by atoms with Crippen molar-refractivity contribution >= 4 is 11.8 Å². The molecule has 0 unspecified atom stereocenters. The molecule has 0 aliphatic heterocycles. The molecule has 0 heterocycles. The Hall–Kier alpha value is -0.900. The van der Waals surface area contributed by atoms with Crippen LogP contribution in [-0.4, -0.2) is 23.5 Å². The van der Waals surface area contributed by atoms with Crippen LogP contribution in [0.3, 0.4) is 0 Å². The Morgan fingerprint density at radius 2 is 1.82 bits per heavy atom. The Kier molecular flexibility index (Phi) is 10.5. The lowest BCUT2D eigenvalue weighted by atomic mass is 10.4. The molecule has 0 radical (unpaired) electrons. The van der Waals surface area contributed by atoms with E-state index in [2.05, 4.69) is 0 Å². The van der Waals surface area contributed by atoms with Crippen molar-refractivity contribution in [2.45, 2.75) is 27.2 Å². The van der Waals surface area contributed by atoms with Crippen molar-refractivity contribution in [3.8, 4) is 0 Å². The zero-order chi connectivity index (χ0) is 9.28. The van der Waals surface area contributed by atoms with E-state index in [1.165, 1.54) is 6.92 Å². The molecule has 4 nitrogen and oxygen atoms in total. The Bertz CT molecular complexity index is 123. The molecule has 0 spiro atoms. The summed E-state index contributed by atoms with van der Waals surface area (Å²) in [5, 5.41) is 10.2. The molecule has 0 aromatic heterocycles. The number of rotatable bonds is 2. The highest BCUT2D eigenvalue weighted by atomic mass is 16.3. The van der Waals surface area contributed by atoms with Gasteiger partial charge in [-0.05, 0) is 0 Å². The molecule has 11 heavy (non-hydrogen) atoms. The molecule has 0 fully saturated rings. The number of hydrogen-bond acceptors (Lipinski definition) is 3. The molecule has 0 aromatic carbocycles. The number of carbonyl (C=O) groups excluding carboxylic acids is 2. The summed E-state index contributed by atoms with van der Waals surface area (Å²) in [5.74, 6) is -0.835. The predicted molar refractivity (Wildman–Crippen MR) is 41.9 cm³/mol. The minimum absolute atomic E-state index is 0.0143. The van der Waals surface area contributed by atoms with E-state index in [0.717, 1.165) is 0 Å². The van der Waals surface area contributed by atoms with Crippen molar-refractivity contribution in [2.75, 3.05) is 6.61 Å². The second-order valence-corrected chi connectivity index (χ2v) is 1.58. The van der Waals surface area contributed by atoms with Crippen molar-refractivity contribution in [3.05, 3.63) is 0 Å². The summed E-state index contributed by atoms with van der Waals surface area (Å²) in [4.78, 5) is 20.5. The van der Waals surface area contributed by atoms with Crippen LogP contribution in [0.1, 0.15) is 27.2 Å². The van der Waals surface area contributed by atoms with Crippen LogP contribution in [0.15, 0.2) is 0 Å². The van der Waals surface area contributed by atoms with Gasteiger partial charge in [-0.3, -0.25) is 14.9 Å². The van der Waals surface area contributed by atoms with Crippen molar-refractivity contribution in [3.63, 3.8) is 0 Å². The van der Waals surface area contributed by atoms with E-state index in [9.17, 15) is 9.59 Å². The van der Waals surface area contributed by atoms with Gasteiger partial charge in [0.05, 0.1) is 13.0 Å². The van der Waals surface area contributed by atoms with Crippen LogP contribution < -0.4 is 5.32 Å². The fraction of sp³-hybridized carbons (Fsp3) is 0.714. The number of aliphatic hydroxyl groups excluding tert-OH is 1. The van der Waals surface area contributed by atoms with Crippen molar-refractivity contribution < 1.29 is 14.7 Å². The monoisotopic (exact) mass is 161 g/mol. The van der Waals surface area contributed by atoms with Gasteiger partial charge < -0.3 is 5.11 Å². The molecule has 0 saturated carbocycles. The van der Waals surface area contributed by atoms with Gasteiger partial charge in [0, 0.05) is 6.92 Å². The summed E-state index contributed by atoms with van der Waals surface area (Å²) in [6.07, 6.45) is -0.0143. The van der Waals surface area contributed by atoms with Gasteiger partial charge in [0.15, 0.2) is 0 Å². The highest BCUT2D eigenvalue weighted by molar-refractivity contribution is 5.93. The van der Waals surface area contributed by atoms with Gasteiger partial charge >= 0.3 is 0 Å². The van der Waals surface area contributed by atoms with E-state index in [0.29, 0.717) is 0 Å². The smallest absolute Gasteiger partial charge is 0.228 e. The maximum absolute atomic E-state index is 10.4. The van der Waals surface area contributed by atoms with Gasteiger partial charge in [-0.25, -0.2) is 0 Å². The minimum Gasteiger partial charge on any atom is -0.396 e. The molecule has 0 rings (SSSR count). The van der Waals surface area contributed by atoms with Crippen LogP contribution in [0.4, 0.5) is 0 Å². The third-order valence-corrected chi connectivity index (χ3v) is 0.654. The van der Waals surface area contributed by atoms with Gasteiger partial charge in [0.1, 0.15) is 0 Å².